The number of ether oxygens (including phenoxy) is 1. The highest BCUT2D eigenvalue weighted by Gasteiger charge is 2.12. The van der Waals surface area contributed by atoms with Gasteiger partial charge in [-0.2, -0.15) is 0 Å². The van der Waals surface area contributed by atoms with Gasteiger partial charge < -0.3 is 15.2 Å². The van der Waals surface area contributed by atoms with E-state index in [1.807, 2.05) is 50.3 Å². The summed E-state index contributed by atoms with van der Waals surface area (Å²) in [7, 11) is 0. The zero-order valence-corrected chi connectivity index (χ0v) is 16.6. The number of carbonyl (C=O) groups excluding carboxylic acids is 1. The number of nitrogens with zero attached hydrogens (tertiary/aromatic N) is 2. The molecule has 0 saturated carbocycles. The molecule has 0 aliphatic rings. The number of nitrogens with one attached hydrogen (secondary N) is 1. The van der Waals surface area contributed by atoms with Crippen molar-refractivity contribution in [1.29, 1.82) is 0 Å². The van der Waals surface area contributed by atoms with E-state index >= 15 is 0 Å². The van der Waals surface area contributed by atoms with Gasteiger partial charge in [-0.1, -0.05) is 12.1 Å². The monoisotopic (exact) mass is 403 g/mol. The van der Waals surface area contributed by atoms with E-state index in [4.69, 9.17) is 9.84 Å². The smallest absolute Gasteiger partial charge is 0.337 e. The molecule has 0 aliphatic heterocycles. The fourth-order valence-corrected chi connectivity index (χ4v) is 2.63. The van der Waals surface area contributed by atoms with Gasteiger partial charge in [0, 0.05) is 18.0 Å². The molecule has 0 atom stereocenters. The van der Waals surface area contributed by atoms with Crippen LogP contribution in [-0.4, -0.2) is 33.1 Å². The third-order valence-electron chi connectivity index (χ3n) is 3.95. The third kappa shape index (κ3) is 5.75. The lowest BCUT2D eigenvalue weighted by atomic mass is 10.1. The minimum absolute atomic E-state index is 0.0438. The van der Waals surface area contributed by atoms with Crippen molar-refractivity contribution in [2.45, 2.75) is 20.0 Å². The normalized spacial score (nSPS) is 10.9. The van der Waals surface area contributed by atoms with Crippen LogP contribution in [0.4, 0.5) is 5.82 Å². The van der Waals surface area contributed by atoms with Gasteiger partial charge >= 0.3 is 5.97 Å². The molecule has 1 amide bonds. The quantitative estimate of drug-likeness (QED) is 0.607. The second-order valence-corrected chi connectivity index (χ2v) is 6.74. The Balaban J connectivity index is 1.85. The number of carbonyl (C=O) groups is 2. The van der Waals surface area contributed by atoms with Crippen LogP contribution in [0.1, 0.15) is 45.8 Å². The second kappa shape index (κ2) is 9.47. The topological polar surface area (TPSA) is 101 Å². The lowest BCUT2D eigenvalue weighted by Gasteiger charge is -2.12. The number of benzene rings is 1. The fraction of sp³-hybridized carbons (Fsp3) is 0.130. The number of aromatic nitrogens is 2. The molecule has 0 bridgehead atoms. The Labute approximate surface area is 174 Å². The van der Waals surface area contributed by atoms with Crippen molar-refractivity contribution in [1.82, 2.24) is 9.97 Å². The predicted octanol–water partition coefficient (Wildman–Crippen LogP) is 4.38. The fourth-order valence-electron chi connectivity index (χ4n) is 2.63. The molecule has 2 heterocycles. The van der Waals surface area contributed by atoms with Crippen molar-refractivity contribution in [3.05, 3.63) is 83.3 Å². The number of anilines is 1. The van der Waals surface area contributed by atoms with Gasteiger partial charge in [-0.15, -0.1) is 0 Å². The number of carboxylic acid groups (broad SMARTS) is 1. The Morgan fingerprint density at radius 2 is 1.87 bits per heavy atom. The highest BCUT2D eigenvalue weighted by atomic mass is 16.5. The SMILES string of the molecule is CC(C)Oc1cc(C=Cc2ccccn2)cc(C(=O)Nc2ccc(C(=O)O)cn2)c1. The minimum Gasteiger partial charge on any atom is -0.491 e. The van der Waals surface area contributed by atoms with Gasteiger partial charge in [-0.25, -0.2) is 9.78 Å². The molecule has 30 heavy (non-hydrogen) atoms. The maximum atomic E-state index is 12.7. The number of rotatable bonds is 7. The summed E-state index contributed by atoms with van der Waals surface area (Å²) in [5, 5.41) is 11.6. The molecule has 3 aromatic rings. The van der Waals surface area contributed by atoms with Crippen LogP contribution < -0.4 is 10.1 Å². The minimum atomic E-state index is -1.08. The predicted molar refractivity (Wildman–Crippen MR) is 115 cm³/mol. The summed E-state index contributed by atoms with van der Waals surface area (Å²) >= 11 is 0. The van der Waals surface area contributed by atoms with Gasteiger partial charge in [-0.3, -0.25) is 9.78 Å². The molecule has 0 radical (unpaired) electrons. The number of aromatic carboxylic acids is 1. The lowest BCUT2D eigenvalue weighted by Crippen LogP contribution is -2.14. The molecule has 3 rings (SSSR count). The number of carboxylic acids is 1. The molecule has 7 heteroatoms. The average Bonchev–Trinajstić information content (AvgIpc) is 2.73. The Bertz CT molecular complexity index is 1060. The van der Waals surface area contributed by atoms with Gasteiger partial charge in [-0.05, 0) is 68.0 Å². The molecule has 0 unspecified atom stereocenters. The Hall–Kier alpha value is -4.00. The summed E-state index contributed by atoms with van der Waals surface area (Å²) in [6, 6.07) is 13.7. The highest BCUT2D eigenvalue weighted by molar-refractivity contribution is 6.04. The van der Waals surface area contributed by atoms with Crippen molar-refractivity contribution >= 4 is 29.8 Å². The van der Waals surface area contributed by atoms with Crippen molar-refractivity contribution in [3.8, 4) is 5.75 Å². The second-order valence-electron chi connectivity index (χ2n) is 6.74. The molecule has 2 aromatic heterocycles. The molecular weight excluding hydrogens is 382 g/mol. The molecule has 0 aliphatic carbocycles. The van der Waals surface area contributed by atoms with Crippen molar-refractivity contribution < 1.29 is 19.4 Å². The largest absolute Gasteiger partial charge is 0.491 e. The molecule has 2 N–H and O–H groups in total. The van der Waals surface area contributed by atoms with Gasteiger partial charge in [0.15, 0.2) is 0 Å². The summed E-state index contributed by atoms with van der Waals surface area (Å²) in [6.45, 7) is 3.81. The van der Waals surface area contributed by atoms with E-state index in [0.29, 0.717) is 11.3 Å². The summed E-state index contributed by atoms with van der Waals surface area (Å²) < 4.78 is 5.78. The summed E-state index contributed by atoms with van der Waals surface area (Å²) in [5.41, 5.74) is 2.00. The van der Waals surface area contributed by atoms with Gasteiger partial charge in [0.2, 0.25) is 0 Å². The summed E-state index contributed by atoms with van der Waals surface area (Å²) in [5.74, 6) is -0.645. The Kier molecular flexibility index (Phi) is 6.54. The van der Waals surface area contributed by atoms with Crippen LogP contribution in [0.25, 0.3) is 12.2 Å². The first-order valence-corrected chi connectivity index (χ1v) is 9.32. The van der Waals surface area contributed by atoms with Crippen LogP contribution in [0.5, 0.6) is 5.75 Å². The van der Waals surface area contributed by atoms with Crippen LogP contribution in [0, 0.1) is 0 Å². The van der Waals surface area contributed by atoms with E-state index in [9.17, 15) is 9.59 Å². The molecule has 152 valence electrons. The third-order valence-corrected chi connectivity index (χ3v) is 3.95. The van der Waals surface area contributed by atoms with Crippen LogP contribution in [-0.2, 0) is 0 Å². The van der Waals surface area contributed by atoms with Crippen molar-refractivity contribution in [2.24, 2.45) is 0 Å². The van der Waals surface area contributed by atoms with Gasteiger partial charge in [0.1, 0.15) is 11.6 Å². The average molecular weight is 403 g/mol. The van der Waals surface area contributed by atoms with Crippen LogP contribution >= 0.6 is 0 Å². The van der Waals surface area contributed by atoms with Crippen molar-refractivity contribution in [3.63, 3.8) is 0 Å². The number of amides is 1. The van der Waals surface area contributed by atoms with E-state index in [1.165, 1.54) is 18.3 Å². The van der Waals surface area contributed by atoms with E-state index in [1.54, 1.807) is 18.3 Å². The number of pyridine rings is 2. The first kappa shape index (κ1) is 20.7. The summed E-state index contributed by atoms with van der Waals surface area (Å²) in [4.78, 5) is 31.9. The van der Waals surface area contributed by atoms with Gasteiger partial charge in [0.05, 0.1) is 17.4 Å². The first-order valence-electron chi connectivity index (χ1n) is 9.32. The zero-order valence-electron chi connectivity index (χ0n) is 16.6. The highest BCUT2D eigenvalue weighted by Crippen LogP contribution is 2.21. The standard InChI is InChI=1S/C23H21N3O4/c1-15(2)30-20-12-16(6-8-19-5-3-4-10-24-19)11-18(13-20)22(27)26-21-9-7-17(14-25-21)23(28)29/h3-15H,1-2H3,(H,28,29)(H,25,26,27). The van der Waals surface area contributed by atoms with E-state index in [2.05, 4.69) is 15.3 Å². The molecular formula is C23H21N3O4. The summed E-state index contributed by atoms with van der Waals surface area (Å²) in [6.07, 6.45) is 6.55. The number of hydrogen-bond acceptors (Lipinski definition) is 5. The molecule has 7 nitrogen and oxygen atoms in total. The zero-order chi connectivity index (χ0) is 21.5. The van der Waals surface area contributed by atoms with Crippen molar-refractivity contribution in [2.75, 3.05) is 5.32 Å². The van der Waals surface area contributed by atoms with Crippen LogP contribution in [0.2, 0.25) is 0 Å². The van der Waals surface area contributed by atoms with E-state index in [-0.39, 0.29) is 23.4 Å². The lowest BCUT2D eigenvalue weighted by molar-refractivity contribution is 0.0696. The maximum absolute atomic E-state index is 12.7. The van der Waals surface area contributed by atoms with Crippen LogP contribution in [0.3, 0.4) is 0 Å². The molecule has 0 fully saturated rings. The number of hydrogen-bond donors (Lipinski definition) is 2. The molecule has 1 aromatic carbocycles. The Morgan fingerprint density at radius 1 is 1.03 bits per heavy atom. The molecule has 0 spiro atoms. The van der Waals surface area contributed by atoms with Gasteiger partial charge in [0.25, 0.3) is 5.91 Å². The van der Waals surface area contributed by atoms with E-state index < -0.39 is 5.97 Å². The van der Waals surface area contributed by atoms with E-state index in [0.717, 1.165) is 11.3 Å². The van der Waals surface area contributed by atoms with Crippen LogP contribution in [0.15, 0.2) is 60.9 Å². The maximum Gasteiger partial charge on any atom is 0.337 e. The first-order chi connectivity index (χ1) is 14.4. The molecule has 0 saturated heterocycles. The Morgan fingerprint density at radius 3 is 2.50 bits per heavy atom.